The monoisotopic (exact) mass is 460 g/mol. The minimum absolute atomic E-state index is 0.179. The van der Waals surface area contributed by atoms with E-state index in [4.69, 9.17) is 0 Å². The predicted molar refractivity (Wildman–Crippen MR) is 126 cm³/mol. The van der Waals surface area contributed by atoms with Crippen molar-refractivity contribution < 1.29 is 13.2 Å². The fourth-order valence-corrected chi connectivity index (χ4v) is 7.17. The lowest BCUT2D eigenvalue weighted by molar-refractivity contribution is -0.134. The number of carbonyl (C=O) groups excluding carboxylic acids is 1. The average molecular weight is 461 g/mol. The van der Waals surface area contributed by atoms with Crippen LogP contribution >= 0.6 is 11.3 Å². The van der Waals surface area contributed by atoms with E-state index in [2.05, 4.69) is 31.0 Å². The van der Waals surface area contributed by atoms with E-state index in [0.29, 0.717) is 24.1 Å². The summed E-state index contributed by atoms with van der Waals surface area (Å²) in [5, 5.41) is 2.61. The number of thiazole rings is 1. The summed E-state index contributed by atoms with van der Waals surface area (Å²) in [5.74, 6) is 0.203. The van der Waals surface area contributed by atoms with Crippen LogP contribution in [0.1, 0.15) is 69.5 Å². The lowest BCUT2D eigenvalue weighted by atomic mass is 9.78. The van der Waals surface area contributed by atoms with Gasteiger partial charge >= 0.3 is 0 Å². The van der Waals surface area contributed by atoms with Crippen molar-refractivity contribution in [1.29, 1.82) is 0 Å². The van der Waals surface area contributed by atoms with Crippen LogP contribution in [0, 0.1) is 5.92 Å². The second-order valence-electron chi connectivity index (χ2n) is 9.29. The quantitative estimate of drug-likeness (QED) is 0.606. The number of fused-ring (bicyclic) bond motifs is 1. The first-order chi connectivity index (χ1) is 14.8. The molecule has 2 fully saturated rings. The average Bonchev–Trinajstić information content (AvgIpc) is 3.20. The number of sulfone groups is 1. The first kappa shape index (κ1) is 22.5. The Kier molecular flexibility index (Phi) is 6.82. The van der Waals surface area contributed by atoms with E-state index >= 15 is 0 Å². The number of benzene rings is 1. The maximum absolute atomic E-state index is 12.9. The summed E-state index contributed by atoms with van der Waals surface area (Å²) in [5.41, 5.74) is 2.78. The van der Waals surface area contributed by atoms with Gasteiger partial charge in [0, 0.05) is 23.5 Å². The SMILES string of the molecule is CC(C)c1ccc(-c2nc(CS(=O)(=O)CC(=O)N3CCCC4CCCCC43)cs2)cc1. The van der Waals surface area contributed by atoms with Gasteiger partial charge in [-0.2, -0.15) is 0 Å². The van der Waals surface area contributed by atoms with Crippen molar-refractivity contribution in [2.24, 2.45) is 5.92 Å². The molecule has 2 atom stereocenters. The van der Waals surface area contributed by atoms with Crippen LogP contribution in [0.5, 0.6) is 0 Å². The van der Waals surface area contributed by atoms with Crippen LogP contribution in [0.3, 0.4) is 0 Å². The number of hydrogen-bond acceptors (Lipinski definition) is 5. The van der Waals surface area contributed by atoms with Crippen LogP contribution in [-0.4, -0.2) is 42.5 Å². The van der Waals surface area contributed by atoms with Gasteiger partial charge < -0.3 is 4.90 Å². The van der Waals surface area contributed by atoms with Gasteiger partial charge in [0.05, 0.1) is 11.4 Å². The first-order valence-corrected chi connectivity index (χ1v) is 14.1. The molecule has 1 aromatic carbocycles. The molecule has 7 heteroatoms. The van der Waals surface area contributed by atoms with Crippen molar-refractivity contribution in [3.63, 3.8) is 0 Å². The summed E-state index contributed by atoms with van der Waals surface area (Å²) < 4.78 is 25.6. The Morgan fingerprint density at radius 1 is 1.13 bits per heavy atom. The van der Waals surface area contributed by atoms with Crippen LogP contribution in [0.15, 0.2) is 29.6 Å². The van der Waals surface area contributed by atoms with Crippen LogP contribution < -0.4 is 0 Å². The Labute approximate surface area is 189 Å². The zero-order valence-corrected chi connectivity index (χ0v) is 20.1. The maximum atomic E-state index is 12.9. The van der Waals surface area contributed by atoms with E-state index in [1.54, 1.807) is 5.38 Å². The summed E-state index contributed by atoms with van der Waals surface area (Å²) in [6, 6.07) is 8.49. The summed E-state index contributed by atoms with van der Waals surface area (Å²) >= 11 is 1.45. The molecule has 0 bridgehead atoms. The summed E-state index contributed by atoms with van der Waals surface area (Å²) in [6.45, 7) is 5.00. The van der Waals surface area contributed by atoms with Gasteiger partial charge in [0.1, 0.15) is 10.8 Å². The van der Waals surface area contributed by atoms with Crippen LogP contribution in [0.4, 0.5) is 0 Å². The molecule has 2 aliphatic rings. The molecule has 5 nitrogen and oxygen atoms in total. The summed E-state index contributed by atoms with van der Waals surface area (Å²) in [6.07, 6.45) is 6.70. The fraction of sp³-hybridized carbons (Fsp3) is 0.583. The largest absolute Gasteiger partial charge is 0.339 e. The number of hydrogen-bond donors (Lipinski definition) is 0. The number of likely N-dealkylation sites (tertiary alicyclic amines) is 1. The molecule has 168 valence electrons. The molecule has 0 N–H and O–H groups in total. The molecule has 1 amide bonds. The third-order valence-corrected chi connectivity index (χ3v) is 9.01. The maximum Gasteiger partial charge on any atom is 0.238 e. The number of nitrogens with zero attached hydrogens (tertiary/aromatic N) is 2. The predicted octanol–water partition coefficient (Wildman–Crippen LogP) is 5.03. The minimum atomic E-state index is -3.55. The van der Waals surface area contributed by atoms with E-state index in [9.17, 15) is 13.2 Å². The van der Waals surface area contributed by atoms with E-state index in [0.717, 1.165) is 29.8 Å². The lowest BCUT2D eigenvalue weighted by Gasteiger charge is -2.44. The van der Waals surface area contributed by atoms with Gasteiger partial charge in [0.25, 0.3) is 0 Å². The second kappa shape index (κ2) is 9.41. The van der Waals surface area contributed by atoms with Crippen molar-refractivity contribution in [2.45, 2.75) is 70.1 Å². The number of rotatable bonds is 6. The fourth-order valence-electron chi connectivity index (χ4n) is 5.00. The van der Waals surface area contributed by atoms with Crippen molar-refractivity contribution in [2.75, 3.05) is 12.3 Å². The number of amides is 1. The third-order valence-electron chi connectivity index (χ3n) is 6.65. The summed E-state index contributed by atoms with van der Waals surface area (Å²) in [7, 11) is -3.55. The van der Waals surface area contributed by atoms with Crippen LogP contribution in [-0.2, 0) is 20.4 Å². The highest BCUT2D eigenvalue weighted by Gasteiger charge is 2.36. The van der Waals surface area contributed by atoms with E-state index in [1.807, 2.05) is 17.0 Å². The molecule has 2 unspecified atom stereocenters. The zero-order chi connectivity index (χ0) is 22.0. The molecule has 31 heavy (non-hydrogen) atoms. The zero-order valence-electron chi connectivity index (χ0n) is 18.4. The Hall–Kier alpha value is -1.73. The third kappa shape index (κ3) is 5.37. The Morgan fingerprint density at radius 3 is 2.58 bits per heavy atom. The van der Waals surface area contributed by atoms with Crippen LogP contribution in [0.2, 0.25) is 0 Å². The molecule has 2 aromatic rings. The Morgan fingerprint density at radius 2 is 1.84 bits per heavy atom. The Bertz CT molecular complexity index is 1010. The van der Waals surface area contributed by atoms with E-state index < -0.39 is 15.6 Å². The molecule has 1 saturated carbocycles. The molecule has 0 spiro atoms. The molecule has 1 aliphatic heterocycles. The first-order valence-electron chi connectivity index (χ1n) is 11.4. The normalized spacial score (nSPS) is 21.8. The summed E-state index contributed by atoms with van der Waals surface area (Å²) in [4.78, 5) is 19.3. The van der Waals surface area contributed by atoms with Gasteiger partial charge in [0.15, 0.2) is 9.84 Å². The molecule has 1 saturated heterocycles. The van der Waals surface area contributed by atoms with E-state index in [1.165, 1.54) is 36.2 Å². The van der Waals surface area contributed by atoms with Gasteiger partial charge in [-0.05, 0) is 43.1 Å². The van der Waals surface area contributed by atoms with E-state index in [-0.39, 0.29) is 17.7 Å². The van der Waals surface area contributed by atoms with Crippen molar-refractivity contribution >= 4 is 27.1 Å². The molecule has 4 rings (SSSR count). The molecule has 1 aliphatic carbocycles. The highest BCUT2D eigenvalue weighted by molar-refractivity contribution is 7.91. The minimum Gasteiger partial charge on any atom is -0.339 e. The van der Waals surface area contributed by atoms with Gasteiger partial charge in [-0.3, -0.25) is 4.79 Å². The Balaban J connectivity index is 1.40. The molecule has 2 heterocycles. The standard InChI is InChI=1S/C24H32N2O3S2/c1-17(2)18-9-11-20(12-10-18)24-25-21(14-30-24)15-31(28,29)16-23(27)26-13-5-7-19-6-3-4-8-22(19)26/h9-12,14,17,19,22H,3-8,13,15-16H2,1-2H3. The number of aromatic nitrogens is 1. The molecular weight excluding hydrogens is 428 g/mol. The highest BCUT2D eigenvalue weighted by atomic mass is 32.2. The second-order valence-corrected chi connectivity index (χ2v) is 12.2. The van der Waals surface area contributed by atoms with Gasteiger partial charge in [0.2, 0.25) is 5.91 Å². The number of carbonyl (C=O) groups is 1. The van der Waals surface area contributed by atoms with Crippen molar-refractivity contribution in [3.05, 3.63) is 40.9 Å². The van der Waals surface area contributed by atoms with Gasteiger partial charge in [-0.25, -0.2) is 13.4 Å². The number of piperidine rings is 1. The van der Waals surface area contributed by atoms with Gasteiger partial charge in [-0.15, -0.1) is 11.3 Å². The molecule has 0 radical (unpaired) electrons. The molecular formula is C24H32N2O3S2. The molecule has 1 aromatic heterocycles. The van der Waals surface area contributed by atoms with Gasteiger partial charge in [-0.1, -0.05) is 51.0 Å². The lowest BCUT2D eigenvalue weighted by Crippen LogP contribution is -2.51. The topological polar surface area (TPSA) is 67.3 Å². The van der Waals surface area contributed by atoms with Crippen molar-refractivity contribution in [3.8, 4) is 10.6 Å². The van der Waals surface area contributed by atoms with Crippen LogP contribution in [0.25, 0.3) is 10.6 Å². The highest BCUT2D eigenvalue weighted by Crippen LogP contribution is 2.35. The van der Waals surface area contributed by atoms with Crippen molar-refractivity contribution in [1.82, 2.24) is 9.88 Å². The smallest absolute Gasteiger partial charge is 0.238 e.